The van der Waals surface area contributed by atoms with Gasteiger partial charge in [-0.05, 0) is 39.5 Å². The van der Waals surface area contributed by atoms with Gasteiger partial charge in [0.25, 0.3) is 0 Å². The first-order valence-corrected chi connectivity index (χ1v) is 7.60. The van der Waals surface area contributed by atoms with Gasteiger partial charge in [0, 0.05) is 28.8 Å². The van der Waals surface area contributed by atoms with E-state index in [2.05, 4.69) is 32.3 Å². The smallest absolute Gasteiger partial charge is 0.407 e. The highest BCUT2D eigenvalue weighted by Crippen LogP contribution is 2.23. The summed E-state index contributed by atoms with van der Waals surface area (Å²) in [5.74, 6) is 0. The van der Waals surface area contributed by atoms with Crippen molar-refractivity contribution in [2.45, 2.75) is 25.5 Å². The Morgan fingerprint density at radius 3 is 2.95 bits per heavy atom. The fourth-order valence-corrected chi connectivity index (χ4v) is 2.85. The fraction of sp³-hybridized carbons (Fsp3) is 0.250. The number of nitrogens with one attached hydrogen (secondary N) is 1. The Kier molecular flexibility index (Phi) is 4.20. The molecule has 5 heteroatoms. The van der Waals surface area contributed by atoms with E-state index in [9.17, 15) is 4.79 Å². The van der Waals surface area contributed by atoms with Gasteiger partial charge in [-0.15, -0.1) is 0 Å². The summed E-state index contributed by atoms with van der Waals surface area (Å²) in [6, 6.07) is 11.8. The van der Waals surface area contributed by atoms with Crippen LogP contribution in [0.5, 0.6) is 0 Å². The van der Waals surface area contributed by atoms with Crippen LogP contribution in [0.1, 0.15) is 16.8 Å². The third-order valence-electron chi connectivity index (χ3n) is 3.47. The molecule has 21 heavy (non-hydrogen) atoms. The fourth-order valence-electron chi connectivity index (χ4n) is 2.47. The lowest BCUT2D eigenvalue weighted by atomic mass is 10.2. The lowest BCUT2D eigenvalue weighted by Gasteiger charge is -2.12. The molecule has 0 aliphatic heterocycles. The van der Waals surface area contributed by atoms with Crippen LogP contribution in [0, 0.1) is 0 Å². The van der Waals surface area contributed by atoms with Crippen LogP contribution in [0.4, 0.5) is 4.79 Å². The summed E-state index contributed by atoms with van der Waals surface area (Å²) in [4.78, 5) is 16.2. The molecule has 1 aliphatic rings. The third kappa shape index (κ3) is 3.61. The number of halogens is 1. The Morgan fingerprint density at radius 2 is 2.14 bits per heavy atom. The standard InChI is InChI=1S/C16H15BrN2O2/c17-13-6-12-7-14(8-15(12)18-9-13)19-16(20)21-10-11-4-2-1-3-5-11/h1-6,9,14H,7-8,10H2,(H,19,20). The van der Waals surface area contributed by atoms with E-state index in [0.717, 1.165) is 28.6 Å². The number of alkyl carbamates (subject to hydrolysis) is 1. The molecule has 3 rings (SSSR count). The Balaban J connectivity index is 1.51. The van der Waals surface area contributed by atoms with Crippen LogP contribution in [0.2, 0.25) is 0 Å². The minimum absolute atomic E-state index is 0.0603. The highest BCUT2D eigenvalue weighted by atomic mass is 79.9. The summed E-state index contributed by atoms with van der Waals surface area (Å²) in [6.45, 7) is 0.288. The van der Waals surface area contributed by atoms with Crippen LogP contribution in [-0.2, 0) is 24.2 Å². The van der Waals surface area contributed by atoms with Gasteiger partial charge in [-0.25, -0.2) is 4.79 Å². The number of benzene rings is 1. The molecule has 0 fully saturated rings. The zero-order valence-electron chi connectivity index (χ0n) is 11.4. The predicted octanol–water partition coefficient (Wildman–Crippen LogP) is 3.24. The van der Waals surface area contributed by atoms with Gasteiger partial charge in [-0.1, -0.05) is 30.3 Å². The van der Waals surface area contributed by atoms with Crippen molar-refractivity contribution in [3.05, 3.63) is 63.9 Å². The van der Waals surface area contributed by atoms with E-state index in [-0.39, 0.29) is 18.7 Å². The van der Waals surface area contributed by atoms with E-state index >= 15 is 0 Å². The number of amides is 1. The summed E-state index contributed by atoms with van der Waals surface area (Å²) in [5, 5.41) is 2.90. The molecular formula is C16H15BrN2O2. The summed E-state index contributed by atoms with van der Waals surface area (Å²) in [7, 11) is 0. The minimum Gasteiger partial charge on any atom is -0.445 e. The quantitative estimate of drug-likeness (QED) is 0.928. The van der Waals surface area contributed by atoms with Crippen LogP contribution < -0.4 is 5.32 Å². The average molecular weight is 347 g/mol. The number of nitrogens with zero attached hydrogens (tertiary/aromatic N) is 1. The van der Waals surface area contributed by atoms with Crippen molar-refractivity contribution in [3.63, 3.8) is 0 Å². The first-order valence-electron chi connectivity index (χ1n) is 6.81. The van der Waals surface area contributed by atoms with E-state index < -0.39 is 0 Å². The molecular weight excluding hydrogens is 332 g/mol. The Labute approximate surface area is 131 Å². The van der Waals surface area contributed by atoms with Gasteiger partial charge >= 0.3 is 6.09 Å². The van der Waals surface area contributed by atoms with Gasteiger partial charge in [0.1, 0.15) is 6.61 Å². The normalized spacial score (nSPS) is 16.3. The highest BCUT2D eigenvalue weighted by molar-refractivity contribution is 9.10. The van der Waals surface area contributed by atoms with Gasteiger partial charge in [-0.2, -0.15) is 0 Å². The first kappa shape index (κ1) is 14.1. The molecule has 1 aromatic heterocycles. The molecule has 1 aromatic carbocycles. The zero-order valence-corrected chi connectivity index (χ0v) is 13.0. The zero-order chi connectivity index (χ0) is 14.7. The molecule has 0 radical (unpaired) electrons. The van der Waals surface area contributed by atoms with E-state index in [0.29, 0.717) is 0 Å². The number of aromatic nitrogens is 1. The molecule has 1 N–H and O–H groups in total. The second kappa shape index (κ2) is 6.26. The monoisotopic (exact) mass is 346 g/mol. The van der Waals surface area contributed by atoms with Crippen molar-refractivity contribution < 1.29 is 9.53 Å². The highest BCUT2D eigenvalue weighted by Gasteiger charge is 2.24. The Hall–Kier alpha value is -1.88. The third-order valence-corrected chi connectivity index (χ3v) is 3.90. The molecule has 1 amide bonds. The Bertz CT molecular complexity index is 646. The molecule has 0 saturated heterocycles. The molecule has 4 nitrogen and oxygen atoms in total. The largest absolute Gasteiger partial charge is 0.445 e. The molecule has 1 heterocycles. The van der Waals surface area contributed by atoms with Crippen molar-refractivity contribution >= 4 is 22.0 Å². The average Bonchev–Trinajstić information content (AvgIpc) is 2.87. The molecule has 1 aliphatic carbocycles. The number of carbonyl (C=O) groups is 1. The maximum Gasteiger partial charge on any atom is 0.407 e. The molecule has 108 valence electrons. The number of pyridine rings is 1. The number of rotatable bonds is 3. The van der Waals surface area contributed by atoms with Crippen molar-refractivity contribution in [2.75, 3.05) is 0 Å². The van der Waals surface area contributed by atoms with Crippen LogP contribution in [0.15, 0.2) is 47.1 Å². The van der Waals surface area contributed by atoms with Gasteiger partial charge in [0.05, 0.1) is 0 Å². The van der Waals surface area contributed by atoms with Gasteiger partial charge in [0.2, 0.25) is 0 Å². The topological polar surface area (TPSA) is 51.2 Å². The van der Waals surface area contributed by atoms with Crippen molar-refractivity contribution in [1.29, 1.82) is 0 Å². The molecule has 0 bridgehead atoms. The maximum absolute atomic E-state index is 11.8. The molecule has 0 spiro atoms. The summed E-state index contributed by atoms with van der Waals surface area (Å²) in [5.41, 5.74) is 3.21. The predicted molar refractivity (Wildman–Crippen MR) is 82.9 cm³/mol. The molecule has 1 unspecified atom stereocenters. The lowest BCUT2D eigenvalue weighted by Crippen LogP contribution is -2.35. The second-order valence-corrected chi connectivity index (χ2v) is 5.99. The van der Waals surface area contributed by atoms with E-state index in [4.69, 9.17) is 4.74 Å². The summed E-state index contributed by atoms with van der Waals surface area (Å²) < 4.78 is 6.20. The molecule has 0 saturated carbocycles. The first-order chi connectivity index (χ1) is 10.2. The van der Waals surface area contributed by atoms with Crippen LogP contribution in [0.25, 0.3) is 0 Å². The lowest BCUT2D eigenvalue weighted by molar-refractivity contribution is 0.136. The van der Waals surface area contributed by atoms with Crippen molar-refractivity contribution in [1.82, 2.24) is 10.3 Å². The summed E-state index contributed by atoms with van der Waals surface area (Å²) >= 11 is 3.41. The SMILES string of the molecule is O=C(NC1Cc2cc(Br)cnc2C1)OCc1ccccc1. The van der Waals surface area contributed by atoms with Gasteiger partial charge in [-0.3, -0.25) is 4.98 Å². The second-order valence-electron chi connectivity index (χ2n) is 5.07. The number of carbonyl (C=O) groups excluding carboxylic acids is 1. The molecule has 1 atom stereocenters. The summed E-state index contributed by atoms with van der Waals surface area (Å²) in [6.07, 6.45) is 2.95. The van der Waals surface area contributed by atoms with Crippen LogP contribution >= 0.6 is 15.9 Å². The van der Waals surface area contributed by atoms with Crippen LogP contribution in [-0.4, -0.2) is 17.1 Å². The van der Waals surface area contributed by atoms with Gasteiger partial charge < -0.3 is 10.1 Å². The van der Waals surface area contributed by atoms with E-state index in [1.54, 1.807) is 6.20 Å². The number of hydrogen-bond acceptors (Lipinski definition) is 3. The van der Waals surface area contributed by atoms with Crippen LogP contribution in [0.3, 0.4) is 0 Å². The Morgan fingerprint density at radius 1 is 1.33 bits per heavy atom. The van der Waals surface area contributed by atoms with E-state index in [1.807, 2.05) is 30.3 Å². The van der Waals surface area contributed by atoms with Crippen molar-refractivity contribution in [2.24, 2.45) is 0 Å². The number of fused-ring (bicyclic) bond motifs is 1. The van der Waals surface area contributed by atoms with Gasteiger partial charge in [0.15, 0.2) is 0 Å². The number of ether oxygens (including phenoxy) is 1. The van der Waals surface area contributed by atoms with Crippen molar-refractivity contribution in [3.8, 4) is 0 Å². The molecule has 2 aromatic rings. The minimum atomic E-state index is -0.379. The number of hydrogen-bond donors (Lipinski definition) is 1. The maximum atomic E-state index is 11.8. The van der Waals surface area contributed by atoms with E-state index in [1.165, 1.54) is 5.56 Å².